The first kappa shape index (κ1) is 15.8. The third-order valence-electron chi connectivity index (χ3n) is 3.46. The number of carbonyl (C=O) groups excluding carboxylic acids is 2. The SMILES string of the molecule is C[C@H](OC(=O)Cc1noc2ccccc12)C(=O)NCc1ccco1. The zero-order valence-corrected chi connectivity index (χ0v) is 13.0. The summed E-state index contributed by atoms with van der Waals surface area (Å²) in [5, 5.41) is 7.26. The highest BCUT2D eigenvalue weighted by Crippen LogP contribution is 2.18. The van der Waals surface area contributed by atoms with Crippen LogP contribution in [0.4, 0.5) is 0 Å². The van der Waals surface area contributed by atoms with E-state index < -0.39 is 18.0 Å². The van der Waals surface area contributed by atoms with E-state index in [-0.39, 0.29) is 13.0 Å². The maximum atomic E-state index is 12.0. The molecule has 0 spiro atoms. The third-order valence-corrected chi connectivity index (χ3v) is 3.46. The molecule has 0 fully saturated rings. The maximum absolute atomic E-state index is 12.0. The van der Waals surface area contributed by atoms with E-state index in [2.05, 4.69) is 10.5 Å². The highest BCUT2D eigenvalue weighted by Gasteiger charge is 2.20. The quantitative estimate of drug-likeness (QED) is 0.697. The van der Waals surface area contributed by atoms with Crippen molar-refractivity contribution in [1.82, 2.24) is 10.5 Å². The smallest absolute Gasteiger partial charge is 0.312 e. The maximum Gasteiger partial charge on any atom is 0.312 e. The number of furan rings is 1. The molecular weight excluding hydrogens is 312 g/mol. The number of nitrogens with one attached hydrogen (secondary N) is 1. The van der Waals surface area contributed by atoms with Gasteiger partial charge in [0.15, 0.2) is 11.7 Å². The number of ether oxygens (including phenoxy) is 1. The van der Waals surface area contributed by atoms with Crippen LogP contribution in [-0.2, 0) is 27.3 Å². The molecule has 1 aromatic carbocycles. The van der Waals surface area contributed by atoms with Crippen LogP contribution in [0.2, 0.25) is 0 Å². The number of esters is 1. The molecule has 0 saturated carbocycles. The second-order valence-electron chi connectivity index (χ2n) is 5.23. The van der Waals surface area contributed by atoms with Gasteiger partial charge in [0.1, 0.15) is 11.5 Å². The summed E-state index contributed by atoms with van der Waals surface area (Å²) in [6.07, 6.45) is 0.547. The van der Waals surface area contributed by atoms with Crippen LogP contribution in [0.5, 0.6) is 0 Å². The minimum absolute atomic E-state index is 0.0627. The molecule has 0 radical (unpaired) electrons. The Morgan fingerprint density at radius 1 is 1.25 bits per heavy atom. The molecule has 1 amide bonds. The van der Waals surface area contributed by atoms with Crippen molar-refractivity contribution in [3.63, 3.8) is 0 Å². The van der Waals surface area contributed by atoms with Crippen LogP contribution in [0.15, 0.2) is 51.6 Å². The molecule has 1 atom stereocenters. The van der Waals surface area contributed by atoms with Gasteiger partial charge in [-0.2, -0.15) is 0 Å². The minimum Gasteiger partial charge on any atom is -0.467 e. The second kappa shape index (κ2) is 6.99. The molecule has 2 heterocycles. The van der Waals surface area contributed by atoms with Gasteiger partial charge in [-0.25, -0.2) is 0 Å². The number of hydrogen-bond donors (Lipinski definition) is 1. The number of nitrogens with zero attached hydrogens (tertiary/aromatic N) is 1. The Labute approximate surface area is 137 Å². The Kier molecular flexibility index (Phi) is 4.60. The van der Waals surface area contributed by atoms with Crippen molar-refractivity contribution < 1.29 is 23.3 Å². The van der Waals surface area contributed by atoms with Crippen molar-refractivity contribution in [3.8, 4) is 0 Å². The van der Waals surface area contributed by atoms with Gasteiger partial charge in [0, 0.05) is 5.39 Å². The van der Waals surface area contributed by atoms with Gasteiger partial charge in [-0.3, -0.25) is 9.59 Å². The lowest BCUT2D eigenvalue weighted by Crippen LogP contribution is -2.35. The van der Waals surface area contributed by atoms with E-state index in [4.69, 9.17) is 13.7 Å². The van der Waals surface area contributed by atoms with Gasteiger partial charge < -0.3 is 19.0 Å². The van der Waals surface area contributed by atoms with Crippen LogP contribution in [0.3, 0.4) is 0 Å². The fraction of sp³-hybridized carbons (Fsp3) is 0.235. The van der Waals surface area contributed by atoms with E-state index in [9.17, 15) is 9.59 Å². The number of carbonyl (C=O) groups is 2. The summed E-state index contributed by atoms with van der Waals surface area (Å²) in [6, 6.07) is 10.7. The number of fused-ring (bicyclic) bond motifs is 1. The predicted octanol–water partition coefficient (Wildman–Crippen LogP) is 2.21. The summed E-state index contributed by atoms with van der Waals surface area (Å²) >= 11 is 0. The summed E-state index contributed by atoms with van der Waals surface area (Å²) < 4.78 is 15.4. The molecule has 124 valence electrons. The van der Waals surface area contributed by atoms with Crippen LogP contribution in [0.25, 0.3) is 11.0 Å². The summed E-state index contributed by atoms with van der Waals surface area (Å²) in [5.41, 5.74) is 1.09. The molecule has 0 unspecified atom stereocenters. The van der Waals surface area contributed by atoms with Gasteiger partial charge in [0.05, 0.1) is 19.2 Å². The van der Waals surface area contributed by atoms with Crippen LogP contribution < -0.4 is 5.32 Å². The lowest BCUT2D eigenvalue weighted by atomic mass is 10.2. The monoisotopic (exact) mass is 328 g/mol. The first-order chi connectivity index (χ1) is 11.6. The molecule has 24 heavy (non-hydrogen) atoms. The number of para-hydroxylation sites is 1. The fourth-order valence-corrected chi connectivity index (χ4v) is 2.23. The highest BCUT2D eigenvalue weighted by molar-refractivity contribution is 5.86. The lowest BCUT2D eigenvalue weighted by molar-refractivity contribution is -0.154. The molecule has 1 N–H and O–H groups in total. The zero-order chi connectivity index (χ0) is 16.9. The third kappa shape index (κ3) is 3.62. The Morgan fingerprint density at radius 3 is 2.88 bits per heavy atom. The van der Waals surface area contributed by atoms with Crippen molar-refractivity contribution in [2.45, 2.75) is 26.0 Å². The van der Waals surface area contributed by atoms with Crippen molar-refractivity contribution in [2.75, 3.05) is 0 Å². The van der Waals surface area contributed by atoms with E-state index in [1.165, 1.54) is 13.2 Å². The van der Waals surface area contributed by atoms with E-state index in [1.54, 1.807) is 18.2 Å². The van der Waals surface area contributed by atoms with Gasteiger partial charge in [0.25, 0.3) is 5.91 Å². The lowest BCUT2D eigenvalue weighted by Gasteiger charge is -2.12. The van der Waals surface area contributed by atoms with Crippen molar-refractivity contribution >= 4 is 22.8 Å². The van der Waals surface area contributed by atoms with E-state index in [0.29, 0.717) is 17.0 Å². The molecule has 3 aromatic rings. The van der Waals surface area contributed by atoms with Crippen LogP contribution in [0, 0.1) is 0 Å². The fourth-order valence-electron chi connectivity index (χ4n) is 2.23. The Hall–Kier alpha value is -3.09. The molecule has 0 aliphatic carbocycles. The highest BCUT2D eigenvalue weighted by atomic mass is 16.5. The van der Waals surface area contributed by atoms with Crippen LogP contribution >= 0.6 is 0 Å². The van der Waals surface area contributed by atoms with E-state index >= 15 is 0 Å². The van der Waals surface area contributed by atoms with Crippen LogP contribution in [0.1, 0.15) is 18.4 Å². The number of rotatable bonds is 6. The van der Waals surface area contributed by atoms with E-state index in [1.807, 2.05) is 18.2 Å². The Balaban J connectivity index is 1.53. The Morgan fingerprint density at radius 2 is 2.08 bits per heavy atom. The summed E-state index contributed by atoms with van der Waals surface area (Å²) in [5.74, 6) is -0.324. The molecule has 3 rings (SSSR count). The second-order valence-corrected chi connectivity index (χ2v) is 5.23. The first-order valence-corrected chi connectivity index (χ1v) is 7.46. The molecule has 2 aromatic heterocycles. The van der Waals surface area contributed by atoms with Crippen LogP contribution in [-0.4, -0.2) is 23.1 Å². The molecule has 7 nitrogen and oxygen atoms in total. The summed E-state index contributed by atoms with van der Waals surface area (Å²) in [7, 11) is 0. The number of amides is 1. The van der Waals surface area contributed by atoms with Gasteiger partial charge in [-0.1, -0.05) is 17.3 Å². The average molecular weight is 328 g/mol. The largest absolute Gasteiger partial charge is 0.467 e. The molecule has 7 heteroatoms. The Bertz CT molecular complexity index is 838. The van der Waals surface area contributed by atoms with Crippen molar-refractivity contribution in [3.05, 3.63) is 54.1 Å². The summed E-state index contributed by atoms with van der Waals surface area (Å²) in [4.78, 5) is 23.9. The molecular formula is C17H16N2O5. The van der Waals surface area contributed by atoms with Crippen molar-refractivity contribution in [2.24, 2.45) is 0 Å². The van der Waals surface area contributed by atoms with Gasteiger partial charge >= 0.3 is 5.97 Å². The van der Waals surface area contributed by atoms with E-state index in [0.717, 1.165) is 5.39 Å². The average Bonchev–Trinajstić information content (AvgIpc) is 3.23. The predicted molar refractivity (Wildman–Crippen MR) is 83.8 cm³/mol. The number of benzene rings is 1. The minimum atomic E-state index is -0.911. The topological polar surface area (TPSA) is 94.6 Å². The first-order valence-electron chi connectivity index (χ1n) is 7.46. The molecule has 0 aliphatic heterocycles. The van der Waals surface area contributed by atoms with Crippen molar-refractivity contribution in [1.29, 1.82) is 0 Å². The number of hydrogen-bond acceptors (Lipinski definition) is 6. The van der Waals surface area contributed by atoms with Gasteiger partial charge in [0.2, 0.25) is 0 Å². The molecule has 0 aliphatic rings. The standard InChI is InChI=1S/C17H16N2O5/c1-11(17(21)18-10-12-5-4-8-22-12)23-16(20)9-14-13-6-2-3-7-15(13)24-19-14/h2-8,11H,9-10H2,1H3,(H,18,21)/t11-/m0/s1. The normalized spacial score (nSPS) is 12.0. The van der Waals surface area contributed by atoms with Gasteiger partial charge in [-0.05, 0) is 31.2 Å². The molecule has 0 bridgehead atoms. The molecule has 0 saturated heterocycles. The summed E-state index contributed by atoms with van der Waals surface area (Å²) in [6.45, 7) is 1.75. The van der Waals surface area contributed by atoms with Gasteiger partial charge in [-0.15, -0.1) is 0 Å². The number of aromatic nitrogens is 1. The zero-order valence-electron chi connectivity index (χ0n) is 13.0.